The highest BCUT2D eigenvalue weighted by Crippen LogP contribution is 2.36. The van der Waals surface area contributed by atoms with Crippen LogP contribution in [-0.2, 0) is 11.3 Å². The van der Waals surface area contributed by atoms with Crippen LogP contribution in [0.15, 0.2) is 36.4 Å². The number of methoxy groups -OCH3 is 2. The molecule has 188 valence electrons. The van der Waals surface area contributed by atoms with Crippen LogP contribution in [0.5, 0.6) is 23.0 Å². The van der Waals surface area contributed by atoms with Gasteiger partial charge in [0.25, 0.3) is 5.91 Å². The lowest BCUT2D eigenvalue weighted by molar-refractivity contribution is -0.125. The van der Waals surface area contributed by atoms with Gasteiger partial charge < -0.3 is 29.2 Å². The number of thioether (sulfide) groups is 1. The van der Waals surface area contributed by atoms with Gasteiger partial charge in [-0.25, -0.2) is 0 Å². The number of rotatable bonds is 10. The van der Waals surface area contributed by atoms with Crippen LogP contribution in [0, 0.1) is 0 Å². The number of amides is 2. The monoisotopic (exact) mass is 500 g/mol. The Labute approximate surface area is 210 Å². The number of ether oxygens (including phenoxy) is 4. The molecule has 2 atom stereocenters. The third-order valence-corrected chi connectivity index (χ3v) is 7.57. The average Bonchev–Trinajstić information content (AvgIpc) is 3.53. The van der Waals surface area contributed by atoms with E-state index in [2.05, 4.69) is 12.2 Å². The summed E-state index contributed by atoms with van der Waals surface area (Å²) in [5, 5.41) is 2.96. The van der Waals surface area contributed by atoms with Gasteiger partial charge in [-0.2, -0.15) is 0 Å². The normalized spacial score (nSPS) is 18.4. The molecule has 1 saturated heterocycles. The number of carbonyl (C=O) groups is 2. The van der Waals surface area contributed by atoms with E-state index in [1.54, 1.807) is 42.0 Å². The Morgan fingerprint density at radius 1 is 1.06 bits per heavy atom. The van der Waals surface area contributed by atoms with Crippen molar-refractivity contribution in [3.05, 3.63) is 47.5 Å². The molecule has 1 fully saturated rings. The summed E-state index contributed by atoms with van der Waals surface area (Å²) in [7, 11) is 3.10. The van der Waals surface area contributed by atoms with Crippen molar-refractivity contribution in [3.63, 3.8) is 0 Å². The molecule has 0 aromatic heterocycles. The zero-order chi connectivity index (χ0) is 24.8. The minimum Gasteiger partial charge on any atom is -0.493 e. The molecule has 2 amide bonds. The van der Waals surface area contributed by atoms with Gasteiger partial charge in [0.1, 0.15) is 6.04 Å². The van der Waals surface area contributed by atoms with Crippen molar-refractivity contribution < 1.29 is 28.5 Å². The summed E-state index contributed by atoms with van der Waals surface area (Å²) in [6, 6.07) is 10.2. The van der Waals surface area contributed by atoms with Gasteiger partial charge in [-0.1, -0.05) is 32.3 Å². The van der Waals surface area contributed by atoms with Crippen molar-refractivity contribution in [1.29, 1.82) is 0 Å². The summed E-state index contributed by atoms with van der Waals surface area (Å²) in [5.74, 6) is 2.63. The molecule has 2 aliphatic heterocycles. The molecule has 2 unspecified atom stereocenters. The fourth-order valence-electron chi connectivity index (χ4n) is 4.31. The fraction of sp³-hybridized carbons (Fsp3) is 0.462. The second-order valence-electron chi connectivity index (χ2n) is 8.49. The molecule has 0 aliphatic carbocycles. The molecule has 0 radical (unpaired) electrons. The average molecular weight is 501 g/mol. The molecular weight excluding hydrogens is 468 g/mol. The molecule has 0 bridgehead atoms. The number of carbonyl (C=O) groups excluding carboxylic acids is 2. The number of hydrogen-bond acceptors (Lipinski definition) is 7. The Morgan fingerprint density at radius 3 is 2.63 bits per heavy atom. The van der Waals surface area contributed by atoms with E-state index in [1.165, 1.54) is 7.11 Å². The number of nitrogens with zero attached hydrogens (tertiary/aromatic N) is 1. The van der Waals surface area contributed by atoms with E-state index >= 15 is 0 Å². The van der Waals surface area contributed by atoms with Crippen molar-refractivity contribution in [2.75, 3.05) is 26.8 Å². The van der Waals surface area contributed by atoms with E-state index in [4.69, 9.17) is 18.9 Å². The maximum atomic E-state index is 13.7. The summed E-state index contributed by atoms with van der Waals surface area (Å²) >= 11 is 1.67. The van der Waals surface area contributed by atoms with Crippen molar-refractivity contribution in [1.82, 2.24) is 10.2 Å². The van der Waals surface area contributed by atoms with Crippen LogP contribution in [-0.4, -0.2) is 54.9 Å². The first-order valence-corrected chi connectivity index (χ1v) is 12.9. The Morgan fingerprint density at radius 2 is 1.86 bits per heavy atom. The molecule has 0 spiro atoms. The minimum absolute atomic E-state index is 0.0524. The van der Waals surface area contributed by atoms with E-state index < -0.39 is 6.04 Å². The van der Waals surface area contributed by atoms with Crippen molar-refractivity contribution in [2.45, 2.75) is 50.6 Å². The zero-order valence-electron chi connectivity index (χ0n) is 20.4. The fourth-order valence-corrected chi connectivity index (χ4v) is 5.76. The van der Waals surface area contributed by atoms with Crippen LogP contribution in [0.1, 0.15) is 48.5 Å². The highest BCUT2D eigenvalue weighted by Gasteiger charge is 2.41. The van der Waals surface area contributed by atoms with Crippen LogP contribution in [0.2, 0.25) is 0 Å². The molecule has 2 aromatic rings. The van der Waals surface area contributed by atoms with Crippen LogP contribution in [0.3, 0.4) is 0 Å². The van der Waals surface area contributed by atoms with Crippen molar-refractivity contribution in [2.24, 2.45) is 0 Å². The predicted molar refractivity (Wildman–Crippen MR) is 134 cm³/mol. The third-order valence-electron chi connectivity index (χ3n) is 6.22. The lowest BCUT2D eigenvalue weighted by Crippen LogP contribution is -2.49. The molecule has 0 saturated carbocycles. The summed E-state index contributed by atoms with van der Waals surface area (Å²) in [6.07, 6.45) is 4.05. The molecule has 9 heteroatoms. The van der Waals surface area contributed by atoms with Gasteiger partial charge in [-0.15, -0.1) is 11.8 Å². The number of nitrogens with one attached hydrogen (secondary N) is 1. The number of unbranched alkanes of at least 4 members (excludes halogenated alkanes) is 2. The number of hydrogen-bond donors (Lipinski definition) is 1. The number of fused-ring (bicyclic) bond motifs is 1. The number of benzene rings is 2. The van der Waals surface area contributed by atoms with Gasteiger partial charge in [-0.3, -0.25) is 9.59 Å². The maximum absolute atomic E-state index is 13.7. The quantitative estimate of drug-likeness (QED) is 0.489. The molecule has 2 aromatic carbocycles. The van der Waals surface area contributed by atoms with Crippen LogP contribution in [0.25, 0.3) is 0 Å². The van der Waals surface area contributed by atoms with Gasteiger partial charge in [0, 0.05) is 17.9 Å². The largest absolute Gasteiger partial charge is 0.493 e. The predicted octanol–water partition coefficient (Wildman–Crippen LogP) is 4.21. The molecule has 2 heterocycles. The Hall–Kier alpha value is -3.07. The molecule has 4 rings (SSSR count). The van der Waals surface area contributed by atoms with E-state index in [0.29, 0.717) is 40.9 Å². The zero-order valence-corrected chi connectivity index (χ0v) is 21.2. The second kappa shape index (κ2) is 11.6. The van der Waals surface area contributed by atoms with Crippen molar-refractivity contribution >= 4 is 23.6 Å². The summed E-state index contributed by atoms with van der Waals surface area (Å²) < 4.78 is 21.5. The van der Waals surface area contributed by atoms with E-state index in [-0.39, 0.29) is 24.0 Å². The first-order chi connectivity index (χ1) is 17.0. The Balaban J connectivity index is 1.50. The highest BCUT2D eigenvalue weighted by atomic mass is 32.2. The smallest absolute Gasteiger partial charge is 0.255 e. The van der Waals surface area contributed by atoms with Gasteiger partial charge >= 0.3 is 0 Å². The molecule has 8 nitrogen and oxygen atoms in total. The van der Waals surface area contributed by atoms with Gasteiger partial charge in [-0.05, 0) is 42.3 Å². The van der Waals surface area contributed by atoms with Crippen LogP contribution in [0.4, 0.5) is 0 Å². The van der Waals surface area contributed by atoms with Crippen LogP contribution < -0.4 is 24.3 Å². The van der Waals surface area contributed by atoms with E-state index in [9.17, 15) is 9.59 Å². The van der Waals surface area contributed by atoms with E-state index in [1.807, 2.05) is 18.2 Å². The van der Waals surface area contributed by atoms with Gasteiger partial charge in [0.15, 0.2) is 23.0 Å². The van der Waals surface area contributed by atoms with Gasteiger partial charge in [0.2, 0.25) is 12.7 Å². The first-order valence-electron chi connectivity index (χ1n) is 11.9. The Bertz CT molecular complexity index is 1060. The van der Waals surface area contributed by atoms with E-state index in [0.717, 1.165) is 31.2 Å². The minimum atomic E-state index is -0.554. The maximum Gasteiger partial charge on any atom is 0.255 e. The standard InChI is InChI=1S/C26H32N2O6S/c1-4-5-6-7-24-28(26(30)18-9-11-20(31-2)22(13-18)32-3)19(15-35-24)25(29)27-14-17-8-10-21-23(12-17)34-16-33-21/h8-13,19,24H,4-7,14-16H2,1-3H3,(H,27,29). The molecule has 35 heavy (non-hydrogen) atoms. The topological polar surface area (TPSA) is 86.3 Å². The second-order valence-corrected chi connectivity index (χ2v) is 9.70. The third kappa shape index (κ3) is 5.61. The highest BCUT2D eigenvalue weighted by molar-refractivity contribution is 8.00. The summed E-state index contributed by atoms with van der Waals surface area (Å²) in [4.78, 5) is 28.7. The summed E-state index contributed by atoms with van der Waals surface area (Å²) in [6.45, 7) is 2.70. The lowest BCUT2D eigenvalue weighted by atomic mass is 10.1. The summed E-state index contributed by atoms with van der Waals surface area (Å²) in [5.41, 5.74) is 1.38. The molecular formula is C26H32N2O6S. The Kier molecular flexibility index (Phi) is 8.28. The van der Waals surface area contributed by atoms with Crippen molar-refractivity contribution in [3.8, 4) is 23.0 Å². The van der Waals surface area contributed by atoms with Crippen LogP contribution >= 0.6 is 11.8 Å². The molecule has 1 N–H and O–H groups in total. The first kappa shape index (κ1) is 25.0. The SMILES string of the molecule is CCCCCC1SCC(C(=O)NCc2ccc3c(c2)OCO3)N1C(=O)c1ccc(OC)c(OC)c1. The lowest BCUT2D eigenvalue weighted by Gasteiger charge is -2.29. The van der Waals surface area contributed by atoms with Gasteiger partial charge in [0.05, 0.1) is 19.6 Å². The molecule has 2 aliphatic rings.